The van der Waals surface area contributed by atoms with Gasteiger partial charge in [0.2, 0.25) is 0 Å². The molecule has 22 heavy (non-hydrogen) atoms. The number of hydrogen-bond acceptors (Lipinski definition) is 5. The first-order valence-electron chi connectivity index (χ1n) is 7.87. The van der Waals surface area contributed by atoms with Gasteiger partial charge in [-0.3, -0.25) is 4.79 Å². The lowest BCUT2D eigenvalue weighted by Crippen LogP contribution is -2.41. The van der Waals surface area contributed by atoms with Gasteiger partial charge in [-0.1, -0.05) is 11.4 Å². The quantitative estimate of drug-likeness (QED) is 0.869. The van der Waals surface area contributed by atoms with Crippen LogP contribution in [0, 0.1) is 5.92 Å². The summed E-state index contributed by atoms with van der Waals surface area (Å²) >= 11 is 1.36. The summed E-state index contributed by atoms with van der Waals surface area (Å²) in [6.07, 6.45) is 2.19. The number of likely N-dealkylation sites (tertiary alicyclic amines) is 1. The molecule has 1 aromatic heterocycles. The van der Waals surface area contributed by atoms with E-state index in [-0.39, 0.29) is 5.91 Å². The molecule has 0 radical (unpaired) electrons. The highest BCUT2D eigenvalue weighted by Gasteiger charge is 2.24. The van der Waals surface area contributed by atoms with Crippen molar-refractivity contribution in [1.29, 1.82) is 0 Å². The third-order valence-electron chi connectivity index (χ3n) is 4.51. The second-order valence-electron chi connectivity index (χ2n) is 6.05. The van der Waals surface area contributed by atoms with Gasteiger partial charge in [-0.05, 0) is 62.1 Å². The largest absolute Gasteiger partial charge is 0.339 e. The van der Waals surface area contributed by atoms with Crippen molar-refractivity contribution in [3.8, 4) is 0 Å². The summed E-state index contributed by atoms with van der Waals surface area (Å²) in [6, 6.07) is 5.69. The Hall–Kier alpha value is -1.53. The Labute approximate surface area is 135 Å². The normalized spacial score (nSPS) is 16.6. The number of fused-ring (bicyclic) bond motifs is 1. The Kier molecular flexibility index (Phi) is 4.69. The van der Waals surface area contributed by atoms with Crippen LogP contribution in [0.3, 0.4) is 0 Å². The minimum Gasteiger partial charge on any atom is -0.339 e. The summed E-state index contributed by atoms with van der Waals surface area (Å²) in [5, 5.41) is 4.05. The smallest absolute Gasteiger partial charge is 0.253 e. The Balaban J connectivity index is 1.61. The van der Waals surface area contributed by atoms with Crippen molar-refractivity contribution in [2.45, 2.75) is 19.8 Å². The zero-order valence-corrected chi connectivity index (χ0v) is 14.0. The topological polar surface area (TPSA) is 49.3 Å². The van der Waals surface area contributed by atoms with Crippen LogP contribution >= 0.6 is 11.5 Å². The standard InChI is InChI=1S/C16H22N4OS/c1-3-19(2)11-12-6-8-20(9-7-12)16(21)13-4-5-15-14(10-13)17-18-22-15/h4-5,10,12H,3,6-9,11H2,1-2H3. The number of piperidine rings is 1. The number of aromatic nitrogens is 2. The van der Waals surface area contributed by atoms with Gasteiger partial charge in [-0.2, -0.15) is 0 Å². The molecular weight excluding hydrogens is 296 g/mol. The van der Waals surface area contributed by atoms with Crippen LogP contribution in [0.5, 0.6) is 0 Å². The fraction of sp³-hybridized carbons (Fsp3) is 0.562. The van der Waals surface area contributed by atoms with Gasteiger partial charge in [-0.15, -0.1) is 5.10 Å². The number of hydrogen-bond donors (Lipinski definition) is 0. The molecule has 0 aliphatic carbocycles. The molecule has 6 heteroatoms. The maximum absolute atomic E-state index is 12.6. The summed E-state index contributed by atoms with van der Waals surface area (Å²) in [4.78, 5) is 16.9. The fourth-order valence-corrected chi connectivity index (χ4v) is 3.52. The van der Waals surface area contributed by atoms with E-state index in [1.165, 1.54) is 11.5 Å². The molecule has 1 aliphatic rings. The van der Waals surface area contributed by atoms with Gasteiger partial charge >= 0.3 is 0 Å². The minimum atomic E-state index is 0.122. The van der Waals surface area contributed by atoms with Crippen LogP contribution in [0.2, 0.25) is 0 Å². The predicted molar refractivity (Wildman–Crippen MR) is 89.2 cm³/mol. The summed E-state index contributed by atoms with van der Waals surface area (Å²) in [6.45, 7) is 6.11. The van der Waals surface area contributed by atoms with E-state index in [0.29, 0.717) is 5.92 Å². The Bertz CT molecular complexity index is 648. The number of nitrogens with zero attached hydrogens (tertiary/aromatic N) is 4. The second kappa shape index (κ2) is 6.71. The van der Waals surface area contributed by atoms with Crippen molar-refractivity contribution in [1.82, 2.24) is 19.4 Å². The third kappa shape index (κ3) is 3.28. The van der Waals surface area contributed by atoms with Gasteiger partial charge in [-0.25, -0.2) is 0 Å². The van der Waals surface area contributed by atoms with Gasteiger partial charge < -0.3 is 9.80 Å². The molecule has 0 bridgehead atoms. The molecule has 5 nitrogen and oxygen atoms in total. The number of carbonyl (C=O) groups excluding carboxylic acids is 1. The summed E-state index contributed by atoms with van der Waals surface area (Å²) in [5.74, 6) is 0.830. The number of carbonyl (C=O) groups is 1. The lowest BCUT2D eigenvalue weighted by atomic mass is 9.95. The van der Waals surface area contributed by atoms with E-state index >= 15 is 0 Å². The van der Waals surface area contributed by atoms with E-state index in [1.54, 1.807) is 0 Å². The Morgan fingerprint density at radius 3 is 2.91 bits per heavy atom. The van der Waals surface area contributed by atoms with Crippen molar-refractivity contribution in [3.63, 3.8) is 0 Å². The van der Waals surface area contributed by atoms with Gasteiger partial charge in [0.25, 0.3) is 5.91 Å². The van der Waals surface area contributed by atoms with Gasteiger partial charge in [0.15, 0.2) is 0 Å². The van der Waals surface area contributed by atoms with Crippen molar-refractivity contribution < 1.29 is 4.79 Å². The predicted octanol–water partition coefficient (Wildman–Crippen LogP) is 2.50. The molecule has 0 spiro atoms. The van der Waals surface area contributed by atoms with E-state index in [2.05, 4.69) is 28.5 Å². The zero-order valence-electron chi connectivity index (χ0n) is 13.2. The van der Waals surface area contributed by atoms with Crippen molar-refractivity contribution in [3.05, 3.63) is 23.8 Å². The van der Waals surface area contributed by atoms with Gasteiger partial charge in [0, 0.05) is 25.2 Å². The number of benzene rings is 1. The molecule has 1 saturated heterocycles. The molecule has 1 amide bonds. The minimum absolute atomic E-state index is 0.122. The average Bonchev–Trinajstić information content (AvgIpc) is 3.02. The van der Waals surface area contributed by atoms with Crippen LogP contribution < -0.4 is 0 Å². The molecule has 1 aromatic carbocycles. The van der Waals surface area contributed by atoms with Crippen LogP contribution in [0.1, 0.15) is 30.1 Å². The maximum atomic E-state index is 12.6. The van der Waals surface area contributed by atoms with E-state index in [0.717, 1.165) is 54.8 Å². The van der Waals surface area contributed by atoms with Crippen LogP contribution in [0.4, 0.5) is 0 Å². The van der Waals surface area contributed by atoms with Crippen molar-refractivity contribution in [2.75, 3.05) is 33.2 Å². The molecule has 0 atom stereocenters. The van der Waals surface area contributed by atoms with Crippen molar-refractivity contribution >= 4 is 27.7 Å². The van der Waals surface area contributed by atoms with Crippen LogP contribution in [-0.2, 0) is 0 Å². The van der Waals surface area contributed by atoms with Crippen LogP contribution in [0.25, 0.3) is 10.2 Å². The number of amides is 1. The van der Waals surface area contributed by atoms with E-state index < -0.39 is 0 Å². The Morgan fingerprint density at radius 2 is 2.18 bits per heavy atom. The first-order valence-corrected chi connectivity index (χ1v) is 8.64. The van der Waals surface area contributed by atoms with Crippen molar-refractivity contribution in [2.24, 2.45) is 5.92 Å². The molecule has 1 aliphatic heterocycles. The van der Waals surface area contributed by atoms with Crippen LogP contribution in [-0.4, -0.2) is 58.5 Å². The molecule has 3 rings (SSSR count). The summed E-state index contributed by atoms with van der Waals surface area (Å²) < 4.78 is 4.95. The first kappa shape index (κ1) is 15.4. The molecule has 1 fully saturated rings. The molecule has 0 unspecified atom stereocenters. The second-order valence-corrected chi connectivity index (χ2v) is 6.83. The molecule has 118 valence electrons. The highest BCUT2D eigenvalue weighted by Crippen LogP contribution is 2.22. The fourth-order valence-electron chi connectivity index (χ4n) is 2.99. The summed E-state index contributed by atoms with van der Waals surface area (Å²) in [5.41, 5.74) is 1.54. The molecule has 0 saturated carbocycles. The monoisotopic (exact) mass is 318 g/mol. The summed E-state index contributed by atoms with van der Waals surface area (Å²) in [7, 11) is 2.16. The van der Waals surface area contributed by atoms with E-state index in [4.69, 9.17) is 0 Å². The highest BCUT2D eigenvalue weighted by molar-refractivity contribution is 7.12. The molecule has 2 heterocycles. The van der Waals surface area contributed by atoms with E-state index in [9.17, 15) is 4.79 Å². The zero-order chi connectivity index (χ0) is 15.5. The first-order chi connectivity index (χ1) is 10.7. The van der Waals surface area contributed by atoms with Gasteiger partial charge in [0.1, 0.15) is 5.52 Å². The SMILES string of the molecule is CCN(C)CC1CCN(C(=O)c2ccc3snnc3c2)CC1. The molecule has 2 aromatic rings. The highest BCUT2D eigenvalue weighted by atomic mass is 32.1. The lowest BCUT2D eigenvalue weighted by molar-refractivity contribution is 0.0674. The maximum Gasteiger partial charge on any atom is 0.253 e. The van der Waals surface area contributed by atoms with Crippen LogP contribution in [0.15, 0.2) is 18.2 Å². The molecule has 0 N–H and O–H groups in total. The lowest BCUT2D eigenvalue weighted by Gasteiger charge is -2.33. The van der Waals surface area contributed by atoms with Gasteiger partial charge in [0.05, 0.1) is 4.70 Å². The van der Waals surface area contributed by atoms with E-state index in [1.807, 2.05) is 23.1 Å². The Morgan fingerprint density at radius 1 is 1.41 bits per heavy atom. The molecular formula is C16H22N4OS. The third-order valence-corrected chi connectivity index (χ3v) is 5.21. The average molecular weight is 318 g/mol. The number of rotatable bonds is 4.